The molecule has 0 aromatic heterocycles. The lowest BCUT2D eigenvalue weighted by molar-refractivity contribution is 0.0539. The van der Waals surface area contributed by atoms with E-state index in [4.69, 9.17) is 4.74 Å². The van der Waals surface area contributed by atoms with E-state index in [0.717, 1.165) is 31.6 Å². The fraction of sp³-hybridized carbons (Fsp3) is 1.00. The van der Waals surface area contributed by atoms with Gasteiger partial charge in [0.15, 0.2) is 0 Å². The summed E-state index contributed by atoms with van der Waals surface area (Å²) in [5.74, 6) is 1.60. The molecule has 1 aliphatic heterocycles. The van der Waals surface area contributed by atoms with E-state index in [9.17, 15) is 0 Å². The smallest absolute Gasteiger partial charge is 0.0506 e. The van der Waals surface area contributed by atoms with Gasteiger partial charge in [0.1, 0.15) is 0 Å². The van der Waals surface area contributed by atoms with Crippen LogP contribution in [-0.4, -0.2) is 25.8 Å². The van der Waals surface area contributed by atoms with Gasteiger partial charge in [-0.05, 0) is 38.0 Å². The zero-order valence-corrected chi connectivity index (χ0v) is 11.3. The molecule has 1 heterocycles. The van der Waals surface area contributed by atoms with E-state index in [1.54, 1.807) is 0 Å². The minimum absolute atomic E-state index is 0.667. The first-order valence-corrected chi connectivity index (χ1v) is 6.99. The van der Waals surface area contributed by atoms with Crippen LogP contribution in [0.1, 0.15) is 52.9 Å². The van der Waals surface area contributed by atoms with E-state index >= 15 is 0 Å². The molecule has 0 spiro atoms. The number of hydrogen-bond donors (Lipinski definition) is 1. The Morgan fingerprint density at radius 2 is 2.06 bits per heavy atom. The molecule has 0 radical (unpaired) electrons. The molecule has 1 aliphatic rings. The number of rotatable bonds is 7. The second kappa shape index (κ2) is 8.08. The van der Waals surface area contributed by atoms with Crippen molar-refractivity contribution in [3.63, 3.8) is 0 Å². The van der Waals surface area contributed by atoms with Crippen molar-refractivity contribution in [2.24, 2.45) is 11.8 Å². The first-order valence-electron chi connectivity index (χ1n) is 6.99. The normalized spacial score (nSPS) is 23.6. The van der Waals surface area contributed by atoms with Gasteiger partial charge < -0.3 is 10.1 Å². The minimum Gasteiger partial charge on any atom is -0.381 e. The van der Waals surface area contributed by atoms with Crippen molar-refractivity contribution in [3.05, 3.63) is 0 Å². The van der Waals surface area contributed by atoms with Gasteiger partial charge in [0, 0.05) is 19.2 Å². The maximum Gasteiger partial charge on any atom is 0.0506 e. The van der Waals surface area contributed by atoms with E-state index < -0.39 is 0 Å². The third-order valence-corrected chi connectivity index (χ3v) is 3.43. The van der Waals surface area contributed by atoms with Crippen LogP contribution in [0.5, 0.6) is 0 Å². The molecular formula is C14H29NO. The van der Waals surface area contributed by atoms with Crippen molar-refractivity contribution >= 4 is 0 Å². The van der Waals surface area contributed by atoms with E-state index in [1.807, 2.05) is 0 Å². The maximum atomic E-state index is 5.49. The minimum atomic E-state index is 0.667. The third-order valence-electron chi connectivity index (χ3n) is 3.43. The van der Waals surface area contributed by atoms with Gasteiger partial charge in [-0.15, -0.1) is 0 Å². The molecule has 1 saturated heterocycles. The van der Waals surface area contributed by atoms with Crippen LogP contribution in [0.25, 0.3) is 0 Å². The summed E-state index contributed by atoms with van der Waals surface area (Å²) in [7, 11) is 0. The Morgan fingerprint density at radius 1 is 1.25 bits per heavy atom. The van der Waals surface area contributed by atoms with Gasteiger partial charge in [-0.2, -0.15) is 0 Å². The first-order chi connectivity index (χ1) is 7.68. The molecule has 0 amide bonds. The highest BCUT2D eigenvalue weighted by Gasteiger charge is 2.14. The molecule has 96 valence electrons. The highest BCUT2D eigenvalue weighted by molar-refractivity contribution is 4.69. The van der Waals surface area contributed by atoms with E-state index in [0.29, 0.717) is 6.04 Å². The monoisotopic (exact) mass is 227 g/mol. The lowest BCUT2D eigenvalue weighted by Crippen LogP contribution is -2.34. The molecule has 0 aromatic rings. The third kappa shape index (κ3) is 6.49. The molecule has 0 saturated carbocycles. The summed E-state index contributed by atoms with van der Waals surface area (Å²) in [6.07, 6.45) is 6.61. The molecule has 2 unspecified atom stereocenters. The van der Waals surface area contributed by atoms with Crippen molar-refractivity contribution in [2.45, 2.75) is 58.9 Å². The number of nitrogens with one attached hydrogen (secondary N) is 1. The molecule has 1 N–H and O–H groups in total. The molecule has 2 heteroatoms. The van der Waals surface area contributed by atoms with Crippen LogP contribution in [0.15, 0.2) is 0 Å². The van der Waals surface area contributed by atoms with Crippen LogP contribution in [0.3, 0.4) is 0 Å². The zero-order valence-electron chi connectivity index (χ0n) is 11.3. The Hall–Kier alpha value is -0.0800. The van der Waals surface area contributed by atoms with Gasteiger partial charge in [-0.1, -0.05) is 26.7 Å². The average Bonchev–Trinajstić information content (AvgIpc) is 2.27. The van der Waals surface area contributed by atoms with Gasteiger partial charge in [-0.25, -0.2) is 0 Å². The van der Waals surface area contributed by atoms with Gasteiger partial charge in [0.05, 0.1) is 6.61 Å². The average molecular weight is 227 g/mol. The number of hydrogen-bond acceptors (Lipinski definition) is 2. The SMILES string of the molecule is CC(C)CCCC(C)NCC1CCCOC1. The highest BCUT2D eigenvalue weighted by atomic mass is 16.5. The van der Waals surface area contributed by atoms with Crippen LogP contribution in [0.4, 0.5) is 0 Å². The summed E-state index contributed by atoms with van der Waals surface area (Å²) in [5, 5.41) is 3.65. The van der Waals surface area contributed by atoms with Gasteiger partial charge in [0.2, 0.25) is 0 Å². The molecular weight excluding hydrogens is 198 g/mol. The molecule has 0 aromatic carbocycles. The quantitative estimate of drug-likeness (QED) is 0.721. The van der Waals surface area contributed by atoms with Crippen LogP contribution in [-0.2, 0) is 4.74 Å². The van der Waals surface area contributed by atoms with Gasteiger partial charge in [-0.3, -0.25) is 0 Å². The van der Waals surface area contributed by atoms with Crippen molar-refractivity contribution in [1.29, 1.82) is 0 Å². The fourth-order valence-electron chi connectivity index (χ4n) is 2.27. The largest absolute Gasteiger partial charge is 0.381 e. The Bertz CT molecular complexity index is 164. The van der Waals surface area contributed by atoms with Crippen LogP contribution in [0, 0.1) is 11.8 Å². The molecule has 0 bridgehead atoms. The first kappa shape index (κ1) is 14.0. The Morgan fingerprint density at radius 3 is 2.69 bits per heavy atom. The van der Waals surface area contributed by atoms with E-state index in [2.05, 4.69) is 26.1 Å². The van der Waals surface area contributed by atoms with Gasteiger partial charge >= 0.3 is 0 Å². The van der Waals surface area contributed by atoms with Gasteiger partial charge in [0.25, 0.3) is 0 Å². The van der Waals surface area contributed by atoms with Crippen LogP contribution in [0.2, 0.25) is 0 Å². The van der Waals surface area contributed by atoms with E-state index in [-0.39, 0.29) is 0 Å². The van der Waals surface area contributed by atoms with Crippen molar-refractivity contribution in [1.82, 2.24) is 5.32 Å². The van der Waals surface area contributed by atoms with Crippen LogP contribution >= 0.6 is 0 Å². The summed E-state index contributed by atoms with van der Waals surface area (Å²) in [5.41, 5.74) is 0. The van der Waals surface area contributed by atoms with Crippen molar-refractivity contribution in [3.8, 4) is 0 Å². The lowest BCUT2D eigenvalue weighted by Gasteiger charge is -2.24. The maximum absolute atomic E-state index is 5.49. The second-order valence-corrected chi connectivity index (χ2v) is 5.72. The van der Waals surface area contributed by atoms with E-state index in [1.165, 1.54) is 32.1 Å². The lowest BCUT2D eigenvalue weighted by atomic mass is 10.0. The molecule has 2 atom stereocenters. The number of ether oxygens (including phenoxy) is 1. The zero-order chi connectivity index (χ0) is 11.8. The summed E-state index contributed by atoms with van der Waals surface area (Å²) in [6.45, 7) is 9.99. The van der Waals surface area contributed by atoms with Crippen LogP contribution < -0.4 is 5.32 Å². The Kier molecular flexibility index (Phi) is 7.06. The summed E-state index contributed by atoms with van der Waals surface area (Å²) in [4.78, 5) is 0. The highest BCUT2D eigenvalue weighted by Crippen LogP contribution is 2.13. The summed E-state index contributed by atoms with van der Waals surface area (Å²) in [6, 6.07) is 0.667. The Labute approximate surface area is 101 Å². The predicted octanol–water partition coefficient (Wildman–Crippen LogP) is 3.22. The molecule has 2 nitrogen and oxygen atoms in total. The molecule has 0 aliphatic carbocycles. The van der Waals surface area contributed by atoms with Crippen molar-refractivity contribution < 1.29 is 4.74 Å². The fourth-order valence-corrected chi connectivity index (χ4v) is 2.27. The topological polar surface area (TPSA) is 21.3 Å². The standard InChI is InChI=1S/C14H29NO/c1-12(2)6-4-7-13(3)15-10-14-8-5-9-16-11-14/h12-15H,4-11H2,1-3H3. The molecule has 1 rings (SSSR count). The summed E-state index contributed by atoms with van der Waals surface area (Å²) < 4.78 is 5.49. The Balaban J connectivity index is 1.98. The molecule has 1 fully saturated rings. The second-order valence-electron chi connectivity index (χ2n) is 5.72. The van der Waals surface area contributed by atoms with Crippen molar-refractivity contribution in [2.75, 3.05) is 19.8 Å². The molecule has 16 heavy (non-hydrogen) atoms. The summed E-state index contributed by atoms with van der Waals surface area (Å²) >= 11 is 0. The predicted molar refractivity (Wildman–Crippen MR) is 69.7 cm³/mol.